The first-order valence-corrected chi connectivity index (χ1v) is 7.63. The molecule has 2 aromatic carbocycles. The topological polar surface area (TPSA) is 41.6 Å². The fourth-order valence-electron chi connectivity index (χ4n) is 2.67. The molecule has 0 unspecified atom stereocenters. The van der Waals surface area contributed by atoms with Crippen molar-refractivity contribution < 1.29 is 9.53 Å². The Morgan fingerprint density at radius 1 is 1.14 bits per heavy atom. The first kappa shape index (κ1) is 14.6. The molecular formula is C18H20N2O2. The number of nitrogens with one attached hydrogen (secondary N) is 1. The van der Waals surface area contributed by atoms with E-state index < -0.39 is 0 Å². The maximum atomic E-state index is 13.0. The Balaban J connectivity index is 2.00. The van der Waals surface area contributed by atoms with Gasteiger partial charge in [0.15, 0.2) is 0 Å². The lowest BCUT2D eigenvalue weighted by Gasteiger charge is -2.28. The SMILES string of the molecule is CCNCCN1C(=O)c2ccccc2OCc2ccccc21. The molecule has 1 heterocycles. The molecule has 4 nitrogen and oxygen atoms in total. The first-order chi connectivity index (χ1) is 10.8. The molecule has 0 radical (unpaired) electrons. The van der Waals surface area contributed by atoms with Crippen molar-refractivity contribution in [1.29, 1.82) is 0 Å². The van der Waals surface area contributed by atoms with Crippen LogP contribution in [0.4, 0.5) is 5.69 Å². The van der Waals surface area contributed by atoms with Gasteiger partial charge in [-0.3, -0.25) is 4.79 Å². The molecule has 0 fully saturated rings. The minimum absolute atomic E-state index is 0.0133. The highest BCUT2D eigenvalue weighted by Gasteiger charge is 2.25. The highest BCUT2D eigenvalue weighted by atomic mass is 16.5. The molecule has 4 heteroatoms. The molecule has 114 valence electrons. The van der Waals surface area contributed by atoms with E-state index >= 15 is 0 Å². The van der Waals surface area contributed by atoms with Crippen LogP contribution in [0.1, 0.15) is 22.8 Å². The second-order valence-electron chi connectivity index (χ2n) is 5.22. The van der Waals surface area contributed by atoms with Gasteiger partial charge in [0.05, 0.1) is 11.3 Å². The predicted octanol–water partition coefficient (Wildman–Crippen LogP) is 2.84. The van der Waals surface area contributed by atoms with E-state index in [1.54, 1.807) is 0 Å². The quantitative estimate of drug-likeness (QED) is 0.882. The Morgan fingerprint density at radius 2 is 1.91 bits per heavy atom. The molecule has 0 saturated heterocycles. The van der Waals surface area contributed by atoms with Crippen molar-refractivity contribution in [3.05, 3.63) is 59.7 Å². The summed E-state index contributed by atoms with van der Waals surface area (Å²) in [5, 5.41) is 3.28. The predicted molar refractivity (Wildman–Crippen MR) is 87.4 cm³/mol. The van der Waals surface area contributed by atoms with Crippen LogP contribution in [0.25, 0.3) is 0 Å². The highest BCUT2D eigenvalue weighted by molar-refractivity contribution is 6.08. The molecule has 2 aromatic rings. The number of benzene rings is 2. The molecule has 0 aliphatic carbocycles. The van der Waals surface area contributed by atoms with Crippen LogP contribution in [-0.4, -0.2) is 25.5 Å². The molecular weight excluding hydrogens is 276 g/mol. The van der Waals surface area contributed by atoms with Gasteiger partial charge in [-0.1, -0.05) is 37.3 Å². The third kappa shape index (κ3) is 2.83. The van der Waals surface area contributed by atoms with E-state index in [9.17, 15) is 4.79 Å². The summed E-state index contributed by atoms with van der Waals surface area (Å²) in [6, 6.07) is 15.4. The summed E-state index contributed by atoms with van der Waals surface area (Å²) in [4.78, 5) is 14.8. The third-order valence-corrected chi connectivity index (χ3v) is 3.79. The molecule has 3 rings (SSSR count). The maximum Gasteiger partial charge on any atom is 0.262 e. The number of amides is 1. The Kier molecular flexibility index (Phi) is 4.39. The monoisotopic (exact) mass is 296 g/mol. The lowest BCUT2D eigenvalue weighted by Crippen LogP contribution is -2.38. The number of anilines is 1. The lowest BCUT2D eigenvalue weighted by molar-refractivity contribution is 0.0979. The minimum atomic E-state index is -0.0133. The van der Waals surface area contributed by atoms with Crippen molar-refractivity contribution in [3.63, 3.8) is 0 Å². The summed E-state index contributed by atoms with van der Waals surface area (Å²) in [6.07, 6.45) is 0. The normalized spacial score (nSPS) is 13.7. The summed E-state index contributed by atoms with van der Waals surface area (Å²) >= 11 is 0. The van der Waals surface area contributed by atoms with Crippen molar-refractivity contribution in [2.45, 2.75) is 13.5 Å². The average Bonchev–Trinajstić information content (AvgIpc) is 2.56. The van der Waals surface area contributed by atoms with Gasteiger partial charge in [-0.25, -0.2) is 0 Å². The van der Waals surface area contributed by atoms with E-state index in [0.29, 0.717) is 24.5 Å². The largest absolute Gasteiger partial charge is 0.488 e. The number of carbonyl (C=O) groups excluding carboxylic acids is 1. The average molecular weight is 296 g/mol. The minimum Gasteiger partial charge on any atom is -0.488 e. The standard InChI is InChI=1S/C18H20N2O2/c1-2-19-11-12-20-16-9-5-3-7-14(16)13-22-17-10-6-4-8-15(17)18(20)21/h3-10,19H,2,11-13H2,1H3. The Bertz CT molecular complexity index is 670. The van der Waals surface area contributed by atoms with Crippen LogP contribution in [0.5, 0.6) is 5.75 Å². The van der Waals surface area contributed by atoms with Gasteiger partial charge in [-0.15, -0.1) is 0 Å². The molecule has 0 aromatic heterocycles. The number of carbonyl (C=O) groups is 1. The zero-order chi connectivity index (χ0) is 15.4. The van der Waals surface area contributed by atoms with Crippen molar-refractivity contribution in [3.8, 4) is 5.75 Å². The van der Waals surface area contributed by atoms with Gasteiger partial charge in [0.1, 0.15) is 12.4 Å². The van der Waals surface area contributed by atoms with Crippen LogP contribution in [0, 0.1) is 0 Å². The number of hydrogen-bond donors (Lipinski definition) is 1. The fourth-order valence-corrected chi connectivity index (χ4v) is 2.67. The fraction of sp³-hybridized carbons (Fsp3) is 0.278. The Labute approximate surface area is 130 Å². The number of nitrogens with zero attached hydrogens (tertiary/aromatic N) is 1. The van der Waals surface area contributed by atoms with Crippen molar-refractivity contribution in [1.82, 2.24) is 5.32 Å². The van der Waals surface area contributed by atoms with Crippen molar-refractivity contribution in [2.75, 3.05) is 24.5 Å². The van der Waals surface area contributed by atoms with Gasteiger partial charge < -0.3 is 15.0 Å². The van der Waals surface area contributed by atoms with Crippen molar-refractivity contribution >= 4 is 11.6 Å². The second kappa shape index (κ2) is 6.62. The number of rotatable bonds is 4. The van der Waals surface area contributed by atoms with Crippen LogP contribution in [0.15, 0.2) is 48.5 Å². The number of likely N-dealkylation sites (N-methyl/N-ethyl adjacent to an activating group) is 1. The van der Waals surface area contributed by atoms with Crippen LogP contribution in [0.3, 0.4) is 0 Å². The van der Waals surface area contributed by atoms with Crippen molar-refractivity contribution in [2.24, 2.45) is 0 Å². The summed E-state index contributed by atoms with van der Waals surface area (Å²) < 4.78 is 5.84. The number of ether oxygens (including phenoxy) is 1. The van der Waals surface area contributed by atoms with Crippen LogP contribution >= 0.6 is 0 Å². The summed E-state index contributed by atoms with van der Waals surface area (Å²) in [5.41, 5.74) is 2.58. The van der Waals surface area contributed by atoms with Gasteiger partial charge in [0.2, 0.25) is 0 Å². The van der Waals surface area contributed by atoms with E-state index in [1.807, 2.05) is 53.4 Å². The smallest absolute Gasteiger partial charge is 0.262 e. The van der Waals surface area contributed by atoms with Crippen LogP contribution < -0.4 is 15.0 Å². The molecule has 0 atom stereocenters. The molecule has 1 aliphatic rings. The number of hydrogen-bond acceptors (Lipinski definition) is 3. The second-order valence-corrected chi connectivity index (χ2v) is 5.22. The summed E-state index contributed by atoms with van der Waals surface area (Å²) in [7, 11) is 0. The van der Waals surface area contributed by atoms with E-state index in [4.69, 9.17) is 4.74 Å². The molecule has 1 amide bonds. The van der Waals surface area contributed by atoms with Gasteiger partial charge in [0.25, 0.3) is 5.91 Å². The maximum absolute atomic E-state index is 13.0. The van der Waals surface area contributed by atoms with E-state index in [-0.39, 0.29) is 5.91 Å². The van der Waals surface area contributed by atoms with E-state index in [2.05, 4.69) is 12.2 Å². The van der Waals surface area contributed by atoms with Gasteiger partial charge in [-0.05, 0) is 24.7 Å². The first-order valence-electron chi connectivity index (χ1n) is 7.63. The summed E-state index contributed by atoms with van der Waals surface area (Å²) in [5.74, 6) is 0.635. The Hall–Kier alpha value is -2.33. The van der Waals surface area contributed by atoms with Gasteiger partial charge >= 0.3 is 0 Å². The molecule has 22 heavy (non-hydrogen) atoms. The molecule has 0 bridgehead atoms. The van der Waals surface area contributed by atoms with Gasteiger partial charge in [0, 0.05) is 18.7 Å². The summed E-state index contributed by atoms with van der Waals surface area (Å²) in [6.45, 7) is 4.82. The van der Waals surface area contributed by atoms with Crippen LogP contribution in [0.2, 0.25) is 0 Å². The third-order valence-electron chi connectivity index (χ3n) is 3.79. The Morgan fingerprint density at radius 3 is 2.77 bits per heavy atom. The lowest BCUT2D eigenvalue weighted by atomic mass is 10.1. The molecule has 1 aliphatic heterocycles. The zero-order valence-corrected chi connectivity index (χ0v) is 12.7. The molecule has 1 N–H and O–H groups in total. The molecule has 0 saturated carbocycles. The van der Waals surface area contributed by atoms with E-state index in [1.165, 1.54) is 0 Å². The van der Waals surface area contributed by atoms with E-state index in [0.717, 1.165) is 24.3 Å². The number of para-hydroxylation sites is 2. The molecule has 0 spiro atoms. The van der Waals surface area contributed by atoms with Crippen LogP contribution in [-0.2, 0) is 6.61 Å². The van der Waals surface area contributed by atoms with Gasteiger partial charge in [-0.2, -0.15) is 0 Å². The highest BCUT2D eigenvalue weighted by Crippen LogP contribution is 2.30. The zero-order valence-electron chi connectivity index (χ0n) is 12.7. The number of fused-ring (bicyclic) bond motifs is 2.